The maximum absolute atomic E-state index is 12.5. The number of nitrogens with one attached hydrogen (secondary N) is 1. The van der Waals surface area contributed by atoms with E-state index in [4.69, 9.17) is 4.74 Å². The molecule has 24 heavy (non-hydrogen) atoms. The van der Waals surface area contributed by atoms with Crippen molar-refractivity contribution in [1.82, 2.24) is 19.6 Å². The maximum Gasteiger partial charge on any atom is 0.271 e. The summed E-state index contributed by atoms with van der Waals surface area (Å²) in [4.78, 5) is 19.3. The molecule has 130 valence electrons. The fourth-order valence-electron chi connectivity index (χ4n) is 3.18. The van der Waals surface area contributed by atoms with Crippen LogP contribution in [0.1, 0.15) is 29.9 Å². The summed E-state index contributed by atoms with van der Waals surface area (Å²) in [7, 11) is 0. The van der Waals surface area contributed by atoms with Gasteiger partial charge in [0.05, 0.1) is 13.2 Å². The SMILES string of the molecule is Cc1ccn2cc(C(=O)NCC(C(C)C)N3CCOCC3)nc2c1. The van der Waals surface area contributed by atoms with Crippen molar-refractivity contribution < 1.29 is 9.53 Å². The van der Waals surface area contributed by atoms with Gasteiger partial charge in [0.25, 0.3) is 5.91 Å². The minimum Gasteiger partial charge on any atom is -0.379 e. The van der Waals surface area contributed by atoms with Gasteiger partial charge in [-0.25, -0.2) is 4.98 Å². The number of aryl methyl sites for hydroxylation is 1. The Hall–Kier alpha value is -1.92. The number of rotatable bonds is 5. The number of hydrogen-bond acceptors (Lipinski definition) is 4. The molecule has 1 aliphatic rings. The quantitative estimate of drug-likeness (QED) is 0.907. The number of pyridine rings is 1. The van der Waals surface area contributed by atoms with Gasteiger partial charge in [-0.15, -0.1) is 0 Å². The Bertz CT molecular complexity index is 704. The van der Waals surface area contributed by atoms with E-state index in [2.05, 4.69) is 29.0 Å². The second-order valence-corrected chi connectivity index (χ2v) is 6.77. The van der Waals surface area contributed by atoms with Gasteiger partial charge in [-0.2, -0.15) is 0 Å². The van der Waals surface area contributed by atoms with Gasteiger partial charge in [-0.3, -0.25) is 9.69 Å². The highest BCUT2D eigenvalue weighted by Crippen LogP contribution is 2.13. The zero-order chi connectivity index (χ0) is 17.1. The predicted octanol–water partition coefficient (Wildman–Crippen LogP) is 1.73. The summed E-state index contributed by atoms with van der Waals surface area (Å²) in [5.74, 6) is 0.349. The van der Waals surface area contributed by atoms with Gasteiger partial charge in [0.15, 0.2) is 0 Å². The number of hydrogen-bond donors (Lipinski definition) is 1. The smallest absolute Gasteiger partial charge is 0.271 e. The number of amides is 1. The molecule has 0 aliphatic carbocycles. The van der Waals surface area contributed by atoms with Gasteiger partial charge in [0.1, 0.15) is 11.3 Å². The van der Waals surface area contributed by atoms with Gasteiger partial charge in [0.2, 0.25) is 0 Å². The lowest BCUT2D eigenvalue weighted by molar-refractivity contribution is 0.00671. The Morgan fingerprint density at radius 2 is 2.12 bits per heavy atom. The average Bonchev–Trinajstić information content (AvgIpc) is 2.98. The molecule has 0 aromatic carbocycles. The Morgan fingerprint density at radius 1 is 1.38 bits per heavy atom. The van der Waals surface area contributed by atoms with Crippen LogP contribution in [0, 0.1) is 12.8 Å². The van der Waals surface area contributed by atoms with E-state index >= 15 is 0 Å². The lowest BCUT2D eigenvalue weighted by Gasteiger charge is -2.36. The van der Waals surface area contributed by atoms with Crippen molar-refractivity contribution in [2.24, 2.45) is 5.92 Å². The van der Waals surface area contributed by atoms with Crippen molar-refractivity contribution in [3.05, 3.63) is 35.8 Å². The molecule has 2 aromatic rings. The van der Waals surface area contributed by atoms with E-state index in [1.807, 2.05) is 29.7 Å². The Balaban J connectivity index is 1.65. The lowest BCUT2D eigenvalue weighted by atomic mass is 10.0. The number of nitrogens with zero attached hydrogens (tertiary/aromatic N) is 3. The van der Waals surface area contributed by atoms with E-state index in [1.54, 1.807) is 6.20 Å². The van der Waals surface area contributed by atoms with Crippen molar-refractivity contribution in [2.75, 3.05) is 32.8 Å². The largest absolute Gasteiger partial charge is 0.379 e. The van der Waals surface area contributed by atoms with Crippen LogP contribution in [0.25, 0.3) is 5.65 Å². The van der Waals surface area contributed by atoms with Crippen LogP contribution in [0.15, 0.2) is 24.5 Å². The average molecular weight is 330 g/mol. The van der Waals surface area contributed by atoms with E-state index < -0.39 is 0 Å². The van der Waals surface area contributed by atoms with E-state index in [0.717, 1.165) is 37.5 Å². The number of morpholine rings is 1. The molecule has 0 radical (unpaired) electrons. The number of imidazole rings is 1. The summed E-state index contributed by atoms with van der Waals surface area (Å²) >= 11 is 0. The zero-order valence-electron chi connectivity index (χ0n) is 14.7. The number of carbonyl (C=O) groups excluding carboxylic acids is 1. The second kappa shape index (κ2) is 7.32. The lowest BCUT2D eigenvalue weighted by Crippen LogP contribution is -2.51. The minimum absolute atomic E-state index is 0.115. The molecule has 2 aromatic heterocycles. The number of carbonyl (C=O) groups is 1. The molecule has 3 heterocycles. The fraction of sp³-hybridized carbons (Fsp3) is 0.556. The Kier molecular flexibility index (Phi) is 5.16. The van der Waals surface area contributed by atoms with Crippen LogP contribution in [0.4, 0.5) is 0 Å². The molecule has 1 unspecified atom stereocenters. The summed E-state index contributed by atoms with van der Waals surface area (Å²) in [5.41, 5.74) is 2.39. The Morgan fingerprint density at radius 3 is 2.83 bits per heavy atom. The third kappa shape index (κ3) is 3.76. The standard InChI is InChI=1S/C18H26N4O2/c1-13(2)16(21-6-8-24-9-7-21)11-19-18(23)15-12-22-5-4-14(3)10-17(22)20-15/h4-5,10,12-13,16H,6-9,11H2,1-3H3,(H,19,23). The molecule has 1 N–H and O–H groups in total. The summed E-state index contributed by atoms with van der Waals surface area (Å²) in [6.07, 6.45) is 3.71. The van der Waals surface area contributed by atoms with Crippen LogP contribution >= 0.6 is 0 Å². The highest BCUT2D eigenvalue weighted by Gasteiger charge is 2.24. The first-order valence-corrected chi connectivity index (χ1v) is 8.60. The van der Waals surface area contributed by atoms with Gasteiger partial charge >= 0.3 is 0 Å². The van der Waals surface area contributed by atoms with Gasteiger partial charge in [-0.05, 0) is 30.5 Å². The fourth-order valence-corrected chi connectivity index (χ4v) is 3.18. The highest BCUT2D eigenvalue weighted by atomic mass is 16.5. The summed E-state index contributed by atoms with van der Waals surface area (Å²) in [5, 5.41) is 3.06. The molecular weight excluding hydrogens is 304 g/mol. The minimum atomic E-state index is -0.115. The monoisotopic (exact) mass is 330 g/mol. The topological polar surface area (TPSA) is 58.9 Å². The summed E-state index contributed by atoms with van der Waals surface area (Å²) < 4.78 is 7.30. The molecule has 1 saturated heterocycles. The maximum atomic E-state index is 12.5. The van der Waals surface area contributed by atoms with E-state index in [-0.39, 0.29) is 5.91 Å². The first kappa shape index (κ1) is 16.9. The van der Waals surface area contributed by atoms with Crippen molar-refractivity contribution >= 4 is 11.6 Å². The van der Waals surface area contributed by atoms with Crippen LogP contribution in [-0.4, -0.2) is 59.1 Å². The molecule has 6 nitrogen and oxygen atoms in total. The highest BCUT2D eigenvalue weighted by molar-refractivity contribution is 5.92. The molecule has 0 saturated carbocycles. The third-order valence-corrected chi connectivity index (χ3v) is 4.60. The third-order valence-electron chi connectivity index (χ3n) is 4.60. The number of fused-ring (bicyclic) bond motifs is 1. The van der Waals surface area contributed by atoms with Gasteiger partial charge in [-0.1, -0.05) is 13.8 Å². The van der Waals surface area contributed by atoms with Crippen molar-refractivity contribution in [2.45, 2.75) is 26.8 Å². The van der Waals surface area contributed by atoms with Crippen molar-refractivity contribution in [1.29, 1.82) is 0 Å². The van der Waals surface area contributed by atoms with E-state index in [1.165, 1.54) is 0 Å². The second-order valence-electron chi connectivity index (χ2n) is 6.77. The first-order chi connectivity index (χ1) is 11.5. The van der Waals surface area contributed by atoms with Gasteiger partial charge in [0, 0.05) is 38.1 Å². The Labute approximate surface area is 142 Å². The van der Waals surface area contributed by atoms with E-state index in [9.17, 15) is 4.79 Å². The molecule has 3 rings (SSSR count). The molecule has 6 heteroatoms. The van der Waals surface area contributed by atoms with Crippen LogP contribution in [0.2, 0.25) is 0 Å². The molecule has 1 atom stereocenters. The normalized spacial score (nSPS) is 17.3. The summed E-state index contributed by atoms with van der Waals surface area (Å²) in [6.45, 7) is 10.4. The van der Waals surface area contributed by atoms with Gasteiger partial charge < -0.3 is 14.5 Å². The summed E-state index contributed by atoms with van der Waals surface area (Å²) in [6, 6.07) is 4.29. The molecular formula is C18H26N4O2. The number of aromatic nitrogens is 2. The van der Waals surface area contributed by atoms with Crippen molar-refractivity contribution in [3.63, 3.8) is 0 Å². The molecule has 1 fully saturated rings. The predicted molar refractivity (Wildman–Crippen MR) is 93.3 cm³/mol. The van der Waals surface area contributed by atoms with Crippen molar-refractivity contribution in [3.8, 4) is 0 Å². The molecule has 0 spiro atoms. The zero-order valence-corrected chi connectivity index (χ0v) is 14.7. The van der Waals surface area contributed by atoms with Crippen LogP contribution < -0.4 is 5.32 Å². The van der Waals surface area contributed by atoms with Crippen LogP contribution in [-0.2, 0) is 4.74 Å². The van der Waals surface area contributed by atoms with Crippen LogP contribution in [0.3, 0.4) is 0 Å². The van der Waals surface area contributed by atoms with E-state index in [0.29, 0.717) is 24.2 Å². The molecule has 1 aliphatic heterocycles. The first-order valence-electron chi connectivity index (χ1n) is 8.60. The molecule has 0 bridgehead atoms. The van der Waals surface area contributed by atoms with Crippen LogP contribution in [0.5, 0.6) is 0 Å². The molecule has 1 amide bonds. The number of ether oxygens (including phenoxy) is 1.